The molecule has 0 N–H and O–H groups in total. The summed E-state index contributed by atoms with van der Waals surface area (Å²) in [6.45, 7) is 6.13. The first kappa shape index (κ1) is 9.66. The highest BCUT2D eigenvalue weighted by molar-refractivity contribution is 6.17. The molecule has 12 heavy (non-hydrogen) atoms. The summed E-state index contributed by atoms with van der Waals surface area (Å²) in [5, 5.41) is 0. The third kappa shape index (κ3) is 1.84. The zero-order valence-corrected chi connectivity index (χ0v) is 8.66. The molecule has 0 aromatic carbocycles. The summed E-state index contributed by atoms with van der Waals surface area (Å²) in [5.41, 5.74) is 2.63. The Labute approximate surface area is 78.7 Å². The lowest BCUT2D eigenvalue weighted by atomic mass is 10.1. The summed E-state index contributed by atoms with van der Waals surface area (Å²) < 4.78 is 5.50. The van der Waals surface area contributed by atoms with Crippen molar-refractivity contribution in [3.8, 4) is 0 Å². The maximum absolute atomic E-state index is 5.63. The van der Waals surface area contributed by atoms with Crippen LogP contribution in [0.2, 0.25) is 0 Å². The van der Waals surface area contributed by atoms with Crippen LogP contribution < -0.4 is 0 Å². The summed E-state index contributed by atoms with van der Waals surface area (Å²) in [6.07, 6.45) is 2.07. The van der Waals surface area contributed by atoms with Gasteiger partial charge in [-0.25, -0.2) is 0 Å². The van der Waals surface area contributed by atoms with E-state index in [9.17, 15) is 0 Å². The SMILES string of the molecule is Cc1oc(C)c(CCCCl)c1C. The first-order valence-corrected chi connectivity index (χ1v) is 4.81. The van der Waals surface area contributed by atoms with Gasteiger partial charge in [0.25, 0.3) is 0 Å². The molecule has 0 aliphatic rings. The molecule has 0 spiro atoms. The number of hydrogen-bond acceptors (Lipinski definition) is 1. The third-order valence-corrected chi connectivity index (χ3v) is 2.54. The Bertz CT molecular complexity index is 263. The fraction of sp³-hybridized carbons (Fsp3) is 0.600. The molecule has 1 aromatic rings. The van der Waals surface area contributed by atoms with Crippen molar-refractivity contribution in [3.63, 3.8) is 0 Å². The van der Waals surface area contributed by atoms with Gasteiger partial charge in [-0.2, -0.15) is 0 Å². The molecule has 2 heteroatoms. The highest BCUT2D eigenvalue weighted by Gasteiger charge is 2.09. The molecule has 0 saturated carbocycles. The van der Waals surface area contributed by atoms with E-state index in [0.717, 1.165) is 30.2 Å². The van der Waals surface area contributed by atoms with Crippen LogP contribution in [0.25, 0.3) is 0 Å². The molecule has 0 saturated heterocycles. The normalized spacial score (nSPS) is 10.7. The summed E-state index contributed by atoms with van der Waals surface area (Å²) in [7, 11) is 0. The number of hydrogen-bond donors (Lipinski definition) is 0. The topological polar surface area (TPSA) is 13.1 Å². The molecule has 1 nitrogen and oxygen atoms in total. The van der Waals surface area contributed by atoms with E-state index < -0.39 is 0 Å². The van der Waals surface area contributed by atoms with Crippen LogP contribution in [0, 0.1) is 20.8 Å². The zero-order chi connectivity index (χ0) is 9.14. The maximum atomic E-state index is 5.63. The lowest BCUT2D eigenvalue weighted by Crippen LogP contribution is -1.89. The van der Waals surface area contributed by atoms with Crippen LogP contribution in [-0.2, 0) is 6.42 Å². The minimum atomic E-state index is 0.725. The van der Waals surface area contributed by atoms with Crippen molar-refractivity contribution in [3.05, 3.63) is 22.6 Å². The summed E-state index contributed by atoms with van der Waals surface area (Å²) in [4.78, 5) is 0. The second-order valence-electron chi connectivity index (χ2n) is 3.11. The van der Waals surface area contributed by atoms with Gasteiger partial charge in [0, 0.05) is 5.88 Å². The molecule has 0 aliphatic heterocycles. The van der Waals surface area contributed by atoms with Crippen molar-refractivity contribution in [2.24, 2.45) is 0 Å². The molecule has 0 unspecified atom stereocenters. The van der Waals surface area contributed by atoms with Gasteiger partial charge < -0.3 is 4.42 Å². The minimum Gasteiger partial charge on any atom is -0.466 e. The Kier molecular flexibility index (Phi) is 3.21. The van der Waals surface area contributed by atoms with Crippen LogP contribution >= 0.6 is 11.6 Å². The average molecular weight is 187 g/mol. The van der Waals surface area contributed by atoms with Gasteiger partial charge >= 0.3 is 0 Å². The molecule has 1 rings (SSSR count). The molecule has 0 atom stereocenters. The van der Waals surface area contributed by atoms with Crippen molar-refractivity contribution in [1.29, 1.82) is 0 Å². The average Bonchev–Trinajstić information content (AvgIpc) is 2.25. The van der Waals surface area contributed by atoms with Gasteiger partial charge in [0.05, 0.1) is 0 Å². The molecular weight excluding hydrogens is 172 g/mol. The van der Waals surface area contributed by atoms with E-state index in [1.54, 1.807) is 0 Å². The molecule has 0 bridgehead atoms. The van der Waals surface area contributed by atoms with E-state index in [1.807, 2.05) is 13.8 Å². The van der Waals surface area contributed by atoms with Gasteiger partial charge in [-0.05, 0) is 44.7 Å². The molecule has 0 fully saturated rings. The van der Waals surface area contributed by atoms with Crippen LogP contribution in [0.3, 0.4) is 0 Å². The van der Waals surface area contributed by atoms with Crippen LogP contribution in [0.5, 0.6) is 0 Å². The number of rotatable bonds is 3. The standard InChI is InChI=1S/C10H15ClO/c1-7-8(2)12-9(3)10(7)5-4-6-11/h4-6H2,1-3H3. The minimum absolute atomic E-state index is 0.725. The second-order valence-corrected chi connectivity index (χ2v) is 3.49. The molecule has 1 aromatic heterocycles. The maximum Gasteiger partial charge on any atom is 0.104 e. The summed E-state index contributed by atoms with van der Waals surface area (Å²) in [5.74, 6) is 2.82. The van der Waals surface area contributed by atoms with Gasteiger partial charge in [-0.3, -0.25) is 0 Å². The molecular formula is C10H15ClO. The van der Waals surface area contributed by atoms with Gasteiger partial charge in [0.15, 0.2) is 0 Å². The fourth-order valence-corrected chi connectivity index (χ4v) is 1.59. The summed E-state index contributed by atoms with van der Waals surface area (Å²) in [6, 6.07) is 0. The van der Waals surface area contributed by atoms with E-state index in [0.29, 0.717) is 0 Å². The molecule has 0 aliphatic carbocycles. The smallest absolute Gasteiger partial charge is 0.104 e. The third-order valence-electron chi connectivity index (χ3n) is 2.27. The van der Waals surface area contributed by atoms with Crippen LogP contribution in [0.1, 0.15) is 29.1 Å². The van der Waals surface area contributed by atoms with Crippen LogP contribution in [0.15, 0.2) is 4.42 Å². The van der Waals surface area contributed by atoms with Crippen LogP contribution in [-0.4, -0.2) is 5.88 Å². The zero-order valence-electron chi connectivity index (χ0n) is 7.91. The van der Waals surface area contributed by atoms with Crippen molar-refractivity contribution < 1.29 is 4.42 Å². The molecule has 0 radical (unpaired) electrons. The first-order valence-electron chi connectivity index (χ1n) is 4.28. The van der Waals surface area contributed by atoms with Crippen LogP contribution in [0.4, 0.5) is 0 Å². The van der Waals surface area contributed by atoms with Crippen molar-refractivity contribution in [2.75, 3.05) is 5.88 Å². The molecule has 0 amide bonds. The molecule has 68 valence electrons. The lowest BCUT2D eigenvalue weighted by molar-refractivity contribution is 0.499. The van der Waals surface area contributed by atoms with Crippen molar-refractivity contribution in [1.82, 2.24) is 0 Å². The Balaban J connectivity index is 2.82. The summed E-state index contributed by atoms with van der Waals surface area (Å²) >= 11 is 5.63. The predicted molar refractivity (Wildman–Crippen MR) is 52.0 cm³/mol. The highest BCUT2D eigenvalue weighted by atomic mass is 35.5. The quantitative estimate of drug-likeness (QED) is 0.660. The Morgan fingerprint density at radius 1 is 1.17 bits per heavy atom. The van der Waals surface area contributed by atoms with Gasteiger partial charge in [-0.15, -0.1) is 11.6 Å². The second kappa shape index (κ2) is 3.99. The monoisotopic (exact) mass is 186 g/mol. The van der Waals surface area contributed by atoms with E-state index >= 15 is 0 Å². The molecule has 1 heterocycles. The first-order chi connectivity index (χ1) is 5.66. The Hall–Kier alpha value is -0.430. The number of halogens is 1. The predicted octanol–water partition coefficient (Wildman–Crippen LogP) is 3.38. The number of aryl methyl sites for hydroxylation is 2. The van der Waals surface area contributed by atoms with Crippen molar-refractivity contribution in [2.45, 2.75) is 33.6 Å². The number of furan rings is 1. The fourth-order valence-electron chi connectivity index (χ4n) is 1.45. The number of alkyl halides is 1. The van der Waals surface area contributed by atoms with E-state index in [2.05, 4.69) is 6.92 Å². The largest absolute Gasteiger partial charge is 0.466 e. The lowest BCUT2D eigenvalue weighted by Gasteiger charge is -1.97. The van der Waals surface area contributed by atoms with E-state index in [1.165, 1.54) is 11.1 Å². The highest BCUT2D eigenvalue weighted by Crippen LogP contribution is 2.21. The van der Waals surface area contributed by atoms with E-state index in [-0.39, 0.29) is 0 Å². The van der Waals surface area contributed by atoms with Gasteiger partial charge in [0.1, 0.15) is 11.5 Å². The van der Waals surface area contributed by atoms with E-state index in [4.69, 9.17) is 16.0 Å². The van der Waals surface area contributed by atoms with Gasteiger partial charge in [-0.1, -0.05) is 0 Å². The van der Waals surface area contributed by atoms with Crippen molar-refractivity contribution >= 4 is 11.6 Å². The van der Waals surface area contributed by atoms with Gasteiger partial charge in [0.2, 0.25) is 0 Å². The Morgan fingerprint density at radius 2 is 1.83 bits per heavy atom. The Morgan fingerprint density at radius 3 is 2.25 bits per heavy atom.